The zero-order chi connectivity index (χ0) is 26.8. The van der Waals surface area contributed by atoms with Crippen LogP contribution in [-0.2, 0) is 0 Å². The Labute approximate surface area is 224 Å². The van der Waals surface area contributed by atoms with Gasteiger partial charge in [-0.05, 0) is 87.1 Å². The van der Waals surface area contributed by atoms with Crippen molar-refractivity contribution in [2.45, 2.75) is 83.3 Å². The number of amides is 2. The van der Waals surface area contributed by atoms with Gasteiger partial charge in [0.2, 0.25) is 0 Å². The number of nitrogens with zero attached hydrogens (tertiary/aromatic N) is 2. The Kier molecular flexibility index (Phi) is 7.68. The quantitative estimate of drug-likeness (QED) is 0.377. The summed E-state index contributed by atoms with van der Waals surface area (Å²) in [6.07, 6.45) is 9.38. The van der Waals surface area contributed by atoms with Crippen LogP contribution in [0.3, 0.4) is 0 Å². The summed E-state index contributed by atoms with van der Waals surface area (Å²) in [5, 5.41) is 6.54. The van der Waals surface area contributed by atoms with E-state index in [0.29, 0.717) is 52.7 Å². The number of primary amides is 1. The third kappa shape index (κ3) is 6.00. The summed E-state index contributed by atoms with van der Waals surface area (Å²) in [5.41, 5.74) is 7.80. The lowest BCUT2D eigenvalue weighted by Crippen LogP contribution is -2.50. The van der Waals surface area contributed by atoms with E-state index in [0.717, 1.165) is 44.5 Å². The lowest BCUT2D eigenvalue weighted by atomic mass is 9.96. The van der Waals surface area contributed by atoms with Gasteiger partial charge in [-0.2, -0.15) is 0 Å². The lowest BCUT2D eigenvalue weighted by molar-refractivity contribution is 0.0924. The van der Waals surface area contributed by atoms with Crippen molar-refractivity contribution >= 4 is 29.1 Å². The molecule has 8 nitrogen and oxygen atoms in total. The van der Waals surface area contributed by atoms with E-state index in [2.05, 4.69) is 34.4 Å². The highest BCUT2D eigenvalue weighted by Gasteiger charge is 2.42. The summed E-state index contributed by atoms with van der Waals surface area (Å²) < 4.78 is 0. The van der Waals surface area contributed by atoms with Crippen LogP contribution in [0.2, 0.25) is 0 Å². The molecule has 0 spiro atoms. The van der Waals surface area contributed by atoms with Gasteiger partial charge in [-0.15, -0.1) is 0 Å². The maximum absolute atomic E-state index is 13.2. The molecule has 0 unspecified atom stereocenters. The van der Waals surface area contributed by atoms with E-state index >= 15 is 0 Å². The summed E-state index contributed by atoms with van der Waals surface area (Å²) in [6, 6.07) is 9.63. The van der Waals surface area contributed by atoms with E-state index in [9.17, 15) is 14.4 Å². The molecule has 2 aliphatic heterocycles. The van der Waals surface area contributed by atoms with Crippen molar-refractivity contribution < 1.29 is 14.4 Å². The third-order valence-electron chi connectivity index (χ3n) is 8.18. The molecule has 1 aromatic heterocycles. The topological polar surface area (TPSA) is 117 Å². The third-order valence-corrected chi connectivity index (χ3v) is 8.18. The van der Waals surface area contributed by atoms with Crippen LogP contribution in [0.4, 0.5) is 11.5 Å². The van der Waals surface area contributed by atoms with Crippen molar-refractivity contribution in [3.05, 3.63) is 53.2 Å². The minimum Gasteiger partial charge on any atom is -0.384 e. The fourth-order valence-corrected chi connectivity index (χ4v) is 5.83. The van der Waals surface area contributed by atoms with Gasteiger partial charge in [0.25, 0.3) is 11.8 Å². The van der Waals surface area contributed by atoms with Crippen LogP contribution < -0.4 is 21.3 Å². The van der Waals surface area contributed by atoms with E-state index in [1.165, 1.54) is 12.8 Å². The summed E-state index contributed by atoms with van der Waals surface area (Å²) in [5.74, 6) is 1.57. The van der Waals surface area contributed by atoms with Crippen molar-refractivity contribution in [1.82, 2.24) is 10.3 Å². The summed E-state index contributed by atoms with van der Waals surface area (Å²) in [4.78, 5) is 44.5. The van der Waals surface area contributed by atoms with E-state index in [1.807, 2.05) is 12.1 Å². The Morgan fingerprint density at radius 1 is 1.03 bits per heavy atom. The molecule has 3 heterocycles. The number of ketones is 1. The highest BCUT2D eigenvalue weighted by atomic mass is 16.2. The molecule has 3 atom stereocenters. The molecular weight excluding hydrogens is 478 g/mol. The number of nitrogens with one attached hydrogen (secondary N) is 2. The highest BCUT2D eigenvalue weighted by molar-refractivity contribution is 6.02. The average molecular weight is 518 g/mol. The van der Waals surface area contributed by atoms with Crippen LogP contribution in [0.25, 0.3) is 0 Å². The zero-order valence-corrected chi connectivity index (χ0v) is 22.4. The molecule has 3 aliphatic rings. The maximum atomic E-state index is 13.2. The predicted octanol–water partition coefficient (Wildman–Crippen LogP) is 4.55. The molecular formula is C30H39N5O3. The summed E-state index contributed by atoms with van der Waals surface area (Å²) >= 11 is 0. The molecule has 2 aromatic rings. The maximum Gasteiger partial charge on any atom is 0.251 e. The number of Topliss-reactive ketones (excluding diaryl/α,β-unsaturated/α-hetero) is 1. The number of aromatic nitrogens is 1. The number of benzene rings is 1. The van der Waals surface area contributed by atoms with Gasteiger partial charge in [-0.25, -0.2) is 4.98 Å². The fraction of sp³-hybridized carbons (Fsp3) is 0.533. The molecule has 2 saturated heterocycles. The van der Waals surface area contributed by atoms with Crippen LogP contribution >= 0.6 is 0 Å². The number of pyridine rings is 1. The molecule has 38 heavy (non-hydrogen) atoms. The van der Waals surface area contributed by atoms with Crippen LogP contribution in [0.1, 0.15) is 96.3 Å². The normalized spacial score (nSPS) is 22.4. The Hall–Kier alpha value is -3.42. The number of piperidine rings is 1. The Morgan fingerprint density at radius 2 is 1.74 bits per heavy atom. The molecule has 0 radical (unpaired) electrons. The molecule has 4 N–H and O–H groups in total. The van der Waals surface area contributed by atoms with Gasteiger partial charge in [0.05, 0.1) is 5.56 Å². The molecule has 8 heteroatoms. The van der Waals surface area contributed by atoms with Crippen molar-refractivity contribution in [3.63, 3.8) is 0 Å². The molecule has 5 rings (SSSR count). The summed E-state index contributed by atoms with van der Waals surface area (Å²) in [6.45, 7) is 5.04. The molecule has 2 amide bonds. The molecule has 1 saturated carbocycles. The lowest BCUT2D eigenvalue weighted by Gasteiger charge is -2.40. The first-order valence-corrected chi connectivity index (χ1v) is 14.0. The fourth-order valence-electron chi connectivity index (χ4n) is 5.83. The second-order valence-electron chi connectivity index (χ2n) is 11.6. The first-order valence-electron chi connectivity index (χ1n) is 14.0. The second-order valence-corrected chi connectivity index (χ2v) is 11.6. The number of hydrogen-bond acceptors (Lipinski definition) is 6. The Morgan fingerprint density at radius 3 is 2.34 bits per heavy atom. The molecule has 1 aromatic carbocycles. The number of carbonyl (C=O) groups excluding carboxylic acids is 3. The number of nitrogens with two attached hydrogens (primary N) is 1. The standard InChI is InChI=1S/C30H39N5O3/c1-18(2)3-11-27(36)21-7-12-28(33-17-21)35-23-8-9-24(35)15-22(14-23)34-30(38)20-6-10-25(29(31)37)26(13-20)32-16-19-4-5-19/h6-7,10,12-13,17-19,22-24,32H,3-5,8-9,11,14-16H2,1-2H3,(H2,31,37)(H,34,38)/t22-,23+,24-. The molecule has 2 bridgehead atoms. The van der Waals surface area contributed by atoms with Gasteiger partial charge in [0.15, 0.2) is 5.78 Å². The van der Waals surface area contributed by atoms with E-state index in [-0.39, 0.29) is 17.7 Å². The minimum absolute atomic E-state index is 0.0758. The van der Waals surface area contributed by atoms with Crippen LogP contribution in [0.15, 0.2) is 36.5 Å². The van der Waals surface area contributed by atoms with Gasteiger partial charge in [0, 0.05) is 54.1 Å². The Bertz CT molecular complexity index is 1180. The highest BCUT2D eigenvalue weighted by Crippen LogP contribution is 2.39. The number of hydrogen-bond donors (Lipinski definition) is 3. The van der Waals surface area contributed by atoms with Gasteiger partial charge in [-0.1, -0.05) is 13.8 Å². The smallest absolute Gasteiger partial charge is 0.251 e. The van der Waals surface area contributed by atoms with Crippen LogP contribution in [0.5, 0.6) is 0 Å². The van der Waals surface area contributed by atoms with Gasteiger partial charge in [0.1, 0.15) is 5.82 Å². The zero-order valence-electron chi connectivity index (χ0n) is 22.4. The molecule has 202 valence electrons. The number of anilines is 2. The summed E-state index contributed by atoms with van der Waals surface area (Å²) in [7, 11) is 0. The largest absolute Gasteiger partial charge is 0.384 e. The van der Waals surface area contributed by atoms with E-state index in [4.69, 9.17) is 5.73 Å². The van der Waals surface area contributed by atoms with E-state index < -0.39 is 5.91 Å². The predicted molar refractivity (Wildman–Crippen MR) is 149 cm³/mol. The SMILES string of the molecule is CC(C)CCC(=O)c1ccc(N2[C@@H]3CC[C@H]2C[C@@H](NC(=O)c2ccc(C(N)=O)c(NCC4CC4)c2)C3)nc1. The molecule has 1 aliphatic carbocycles. The van der Waals surface area contributed by atoms with Gasteiger partial charge in [-0.3, -0.25) is 14.4 Å². The number of rotatable bonds is 11. The Balaban J connectivity index is 1.21. The van der Waals surface area contributed by atoms with Crippen molar-refractivity contribution in [1.29, 1.82) is 0 Å². The van der Waals surface area contributed by atoms with Crippen LogP contribution in [-0.4, -0.2) is 47.3 Å². The number of fused-ring (bicyclic) bond motifs is 2. The average Bonchev–Trinajstić information content (AvgIpc) is 3.69. The van der Waals surface area contributed by atoms with Crippen molar-refractivity contribution in [2.24, 2.45) is 17.6 Å². The molecule has 3 fully saturated rings. The van der Waals surface area contributed by atoms with Gasteiger partial charge >= 0.3 is 0 Å². The number of carbonyl (C=O) groups is 3. The van der Waals surface area contributed by atoms with Crippen molar-refractivity contribution in [2.75, 3.05) is 16.8 Å². The van der Waals surface area contributed by atoms with Crippen LogP contribution in [0, 0.1) is 11.8 Å². The van der Waals surface area contributed by atoms with E-state index in [1.54, 1.807) is 24.4 Å². The van der Waals surface area contributed by atoms with Gasteiger partial charge < -0.3 is 21.3 Å². The first-order chi connectivity index (χ1) is 18.3. The minimum atomic E-state index is -0.499. The van der Waals surface area contributed by atoms with Crippen molar-refractivity contribution in [3.8, 4) is 0 Å². The second kappa shape index (κ2) is 11.1. The monoisotopic (exact) mass is 517 g/mol. The first kappa shape index (κ1) is 26.2.